The van der Waals surface area contributed by atoms with Crippen LogP contribution in [0, 0.1) is 0 Å². The van der Waals surface area contributed by atoms with Gasteiger partial charge in [0.2, 0.25) is 5.91 Å². The summed E-state index contributed by atoms with van der Waals surface area (Å²) < 4.78 is 5.37. The van der Waals surface area contributed by atoms with Gasteiger partial charge in [0, 0.05) is 36.5 Å². The molecule has 2 heterocycles. The number of carbonyl (C=O) groups excluding carboxylic acids is 2. The molecular weight excluding hydrogens is 424 g/mol. The highest BCUT2D eigenvalue weighted by atomic mass is 32.1. The van der Waals surface area contributed by atoms with Crippen LogP contribution >= 0.6 is 11.3 Å². The fraction of sp³-hybridized carbons (Fsp3) is 0.292. The largest absolute Gasteiger partial charge is 0.494 e. The molecule has 0 saturated carbocycles. The zero-order valence-electron chi connectivity index (χ0n) is 18.0. The fourth-order valence-electron chi connectivity index (χ4n) is 3.57. The minimum Gasteiger partial charge on any atom is -0.494 e. The van der Waals surface area contributed by atoms with Gasteiger partial charge in [0.05, 0.1) is 18.8 Å². The maximum Gasteiger partial charge on any atom is 0.251 e. The van der Waals surface area contributed by atoms with Crippen LogP contribution in [0.5, 0.6) is 5.75 Å². The number of hydrogen-bond donors (Lipinski definition) is 2. The van der Waals surface area contributed by atoms with Crippen molar-refractivity contribution < 1.29 is 14.3 Å². The van der Waals surface area contributed by atoms with E-state index in [1.165, 1.54) is 21.8 Å². The summed E-state index contributed by atoms with van der Waals surface area (Å²) in [4.78, 5) is 32.7. The number of nitrogens with zero attached hydrogens (tertiary/aromatic N) is 2. The molecule has 32 heavy (non-hydrogen) atoms. The smallest absolute Gasteiger partial charge is 0.251 e. The Hall–Kier alpha value is -3.23. The molecule has 0 spiro atoms. The van der Waals surface area contributed by atoms with Crippen molar-refractivity contribution in [2.45, 2.75) is 26.4 Å². The molecule has 1 aromatic heterocycles. The Labute approximate surface area is 191 Å². The molecule has 0 atom stereocenters. The Morgan fingerprint density at radius 3 is 2.66 bits per heavy atom. The molecule has 7 nitrogen and oxygen atoms in total. The predicted molar refractivity (Wildman–Crippen MR) is 125 cm³/mol. The van der Waals surface area contributed by atoms with E-state index in [0.29, 0.717) is 23.1 Å². The molecule has 0 aliphatic carbocycles. The predicted octanol–water partition coefficient (Wildman–Crippen LogP) is 3.47. The highest BCUT2D eigenvalue weighted by Crippen LogP contribution is 2.29. The van der Waals surface area contributed by atoms with Crippen LogP contribution in [-0.2, 0) is 24.3 Å². The molecule has 0 saturated heterocycles. The normalized spacial score (nSPS) is 13.3. The van der Waals surface area contributed by atoms with Crippen molar-refractivity contribution in [1.82, 2.24) is 15.2 Å². The summed E-state index contributed by atoms with van der Waals surface area (Å²) in [5, 5.41) is 6.04. The van der Waals surface area contributed by atoms with E-state index in [0.717, 1.165) is 31.7 Å². The second-order valence-electron chi connectivity index (χ2n) is 7.52. The molecule has 0 fully saturated rings. The van der Waals surface area contributed by atoms with Crippen LogP contribution in [0.25, 0.3) is 0 Å². The van der Waals surface area contributed by atoms with Crippen LogP contribution in [0.2, 0.25) is 0 Å². The molecule has 166 valence electrons. The molecule has 4 rings (SSSR count). The van der Waals surface area contributed by atoms with Crippen molar-refractivity contribution in [3.63, 3.8) is 0 Å². The number of ether oxygens (including phenoxy) is 1. The molecule has 2 amide bonds. The lowest BCUT2D eigenvalue weighted by molar-refractivity contribution is -0.115. The van der Waals surface area contributed by atoms with Crippen LogP contribution in [-0.4, -0.2) is 41.4 Å². The number of rotatable bonds is 8. The van der Waals surface area contributed by atoms with Crippen LogP contribution in [0.15, 0.2) is 54.6 Å². The Morgan fingerprint density at radius 1 is 1.12 bits per heavy atom. The molecule has 2 N–H and O–H groups in total. The number of amides is 2. The Kier molecular flexibility index (Phi) is 7.14. The van der Waals surface area contributed by atoms with E-state index in [1.807, 2.05) is 13.0 Å². The molecule has 0 radical (unpaired) electrons. The summed E-state index contributed by atoms with van der Waals surface area (Å²) in [6.07, 6.45) is 0.864. The van der Waals surface area contributed by atoms with Gasteiger partial charge in [-0.3, -0.25) is 14.5 Å². The third-order valence-corrected chi connectivity index (χ3v) is 6.14. The molecule has 2 aromatic carbocycles. The van der Waals surface area contributed by atoms with Crippen LogP contribution < -0.4 is 15.4 Å². The summed E-state index contributed by atoms with van der Waals surface area (Å²) >= 11 is 1.50. The number of benzene rings is 2. The van der Waals surface area contributed by atoms with Crippen molar-refractivity contribution in [3.05, 3.63) is 76.3 Å². The Morgan fingerprint density at radius 2 is 1.91 bits per heavy atom. The number of anilines is 1. The number of carbonyl (C=O) groups is 2. The number of nitrogens with one attached hydrogen (secondary N) is 2. The maximum atomic E-state index is 12.3. The van der Waals surface area contributed by atoms with Crippen molar-refractivity contribution in [2.75, 3.05) is 25.0 Å². The lowest BCUT2D eigenvalue weighted by Gasteiger charge is -2.25. The molecule has 1 aliphatic rings. The van der Waals surface area contributed by atoms with E-state index in [-0.39, 0.29) is 18.4 Å². The monoisotopic (exact) mass is 450 g/mol. The standard InChI is InChI=1S/C24H26N4O3S/c1-2-31-19-10-8-18(9-11-19)23(30)25-14-22(29)27-24-26-20-12-13-28(16-21(20)32-24)15-17-6-4-3-5-7-17/h3-11H,2,12-16H2,1H3,(H,25,30)(H,26,27,29). The first kappa shape index (κ1) is 22.0. The summed E-state index contributed by atoms with van der Waals surface area (Å²) in [7, 11) is 0. The second kappa shape index (κ2) is 10.4. The van der Waals surface area contributed by atoms with E-state index in [2.05, 4.69) is 44.8 Å². The van der Waals surface area contributed by atoms with Gasteiger partial charge in [0.15, 0.2) is 5.13 Å². The average molecular weight is 451 g/mol. The van der Waals surface area contributed by atoms with E-state index in [9.17, 15) is 9.59 Å². The van der Waals surface area contributed by atoms with Crippen molar-refractivity contribution in [2.24, 2.45) is 0 Å². The Balaban J connectivity index is 1.27. The maximum absolute atomic E-state index is 12.3. The van der Waals surface area contributed by atoms with Gasteiger partial charge in [0.25, 0.3) is 5.91 Å². The molecular formula is C24H26N4O3S. The van der Waals surface area contributed by atoms with Gasteiger partial charge in [-0.05, 0) is 36.8 Å². The SMILES string of the molecule is CCOc1ccc(C(=O)NCC(=O)Nc2nc3c(s2)CN(Cc2ccccc2)CC3)cc1. The Bertz CT molecular complexity index is 1070. The molecule has 3 aromatic rings. The number of hydrogen-bond acceptors (Lipinski definition) is 6. The summed E-state index contributed by atoms with van der Waals surface area (Å²) in [6.45, 7) is 5.02. The quantitative estimate of drug-likeness (QED) is 0.549. The molecule has 0 unspecified atom stereocenters. The summed E-state index contributed by atoms with van der Waals surface area (Å²) in [6, 6.07) is 17.2. The van der Waals surface area contributed by atoms with Crippen molar-refractivity contribution >= 4 is 28.3 Å². The highest BCUT2D eigenvalue weighted by Gasteiger charge is 2.21. The first-order valence-corrected chi connectivity index (χ1v) is 11.5. The molecule has 0 bridgehead atoms. The van der Waals surface area contributed by atoms with Crippen LogP contribution in [0.1, 0.15) is 33.4 Å². The van der Waals surface area contributed by atoms with Gasteiger partial charge in [-0.1, -0.05) is 30.3 Å². The summed E-state index contributed by atoms with van der Waals surface area (Å²) in [5.41, 5.74) is 2.81. The van der Waals surface area contributed by atoms with Gasteiger partial charge in [-0.25, -0.2) is 4.98 Å². The zero-order valence-corrected chi connectivity index (χ0v) is 18.8. The molecule has 8 heteroatoms. The van der Waals surface area contributed by atoms with Gasteiger partial charge in [0.1, 0.15) is 5.75 Å². The van der Waals surface area contributed by atoms with Gasteiger partial charge in [-0.15, -0.1) is 11.3 Å². The minimum absolute atomic E-state index is 0.115. The van der Waals surface area contributed by atoms with E-state index in [4.69, 9.17) is 4.74 Å². The first-order valence-electron chi connectivity index (χ1n) is 10.7. The van der Waals surface area contributed by atoms with E-state index < -0.39 is 0 Å². The second-order valence-corrected chi connectivity index (χ2v) is 8.61. The number of thiazole rings is 1. The lowest BCUT2D eigenvalue weighted by Crippen LogP contribution is -2.32. The number of fused-ring (bicyclic) bond motifs is 1. The van der Waals surface area contributed by atoms with E-state index >= 15 is 0 Å². The fourth-order valence-corrected chi connectivity index (χ4v) is 4.64. The van der Waals surface area contributed by atoms with Crippen LogP contribution in [0.4, 0.5) is 5.13 Å². The van der Waals surface area contributed by atoms with Gasteiger partial charge in [-0.2, -0.15) is 0 Å². The first-order chi connectivity index (χ1) is 15.6. The highest BCUT2D eigenvalue weighted by molar-refractivity contribution is 7.15. The third kappa shape index (κ3) is 5.72. The van der Waals surface area contributed by atoms with E-state index in [1.54, 1.807) is 24.3 Å². The van der Waals surface area contributed by atoms with Gasteiger partial charge < -0.3 is 15.4 Å². The van der Waals surface area contributed by atoms with Crippen molar-refractivity contribution in [1.29, 1.82) is 0 Å². The average Bonchev–Trinajstić information content (AvgIpc) is 3.20. The van der Waals surface area contributed by atoms with Crippen molar-refractivity contribution in [3.8, 4) is 5.75 Å². The minimum atomic E-state index is -0.307. The number of aromatic nitrogens is 1. The van der Waals surface area contributed by atoms with Gasteiger partial charge >= 0.3 is 0 Å². The topological polar surface area (TPSA) is 83.6 Å². The third-order valence-electron chi connectivity index (χ3n) is 5.14. The summed E-state index contributed by atoms with van der Waals surface area (Å²) in [5.74, 6) is 0.103. The lowest BCUT2D eigenvalue weighted by atomic mass is 10.1. The van der Waals surface area contributed by atoms with Crippen LogP contribution in [0.3, 0.4) is 0 Å². The molecule has 1 aliphatic heterocycles. The zero-order chi connectivity index (χ0) is 22.3.